The minimum absolute atomic E-state index is 0.117. The van der Waals surface area contributed by atoms with E-state index < -0.39 is 11.4 Å². The molecule has 5 heteroatoms. The normalized spacial score (nSPS) is 18.0. The van der Waals surface area contributed by atoms with E-state index in [2.05, 4.69) is 10.2 Å². The Labute approximate surface area is 165 Å². The summed E-state index contributed by atoms with van der Waals surface area (Å²) in [7, 11) is 0. The van der Waals surface area contributed by atoms with Crippen LogP contribution < -0.4 is 0 Å². The van der Waals surface area contributed by atoms with Gasteiger partial charge in [-0.2, -0.15) is 0 Å². The Morgan fingerprint density at radius 2 is 1.45 bits per heavy atom. The highest BCUT2D eigenvalue weighted by atomic mass is 16.4. The van der Waals surface area contributed by atoms with Gasteiger partial charge in [0.05, 0.1) is 0 Å². The standard InChI is InChI=1S/C24H14N2O3/c27-21-18-12-4-8-15-9-5-13-19(20(15)18)24(21,28)23-26-25-22(29-23)17-11-3-7-14-6-1-2-10-16(14)17/h1-13,28H. The van der Waals surface area contributed by atoms with Crippen molar-refractivity contribution in [2.45, 2.75) is 5.60 Å². The Hall–Kier alpha value is -3.83. The van der Waals surface area contributed by atoms with Gasteiger partial charge in [-0.15, -0.1) is 10.2 Å². The van der Waals surface area contributed by atoms with E-state index in [0.29, 0.717) is 11.1 Å². The number of aromatic nitrogens is 2. The predicted molar refractivity (Wildman–Crippen MR) is 109 cm³/mol. The van der Waals surface area contributed by atoms with Crippen LogP contribution >= 0.6 is 0 Å². The fourth-order valence-electron chi connectivity index (χ4n) is 4.25. The summed E-state index contributed by atoms with van der Waals surface area (Å²) in [6.07, 6.45) is 0. The van der Waals surface area contributed by atoms with Gasteiger partial charge >= 0.3 is 0 Å². The van der Waals surface area contributed by atoms with E-state index in [1.807, 2.05) is 60.7 Å². The highest BCUT2D eigenvalue weighted by Crippen LogP contribution is 2.45. The fraction of sp³-hybridized carbons (Fsp3) is 0.0417. The lowest BCUT2D eigenvalue weighted by molar-refractivity contribution is 0.0405. The molecule has 5 aromatic rings. The number of Topliss-reactive ketones (excluding diaryl/α,β-unsaturated/α-hetero) is 1. The van der Waals surface area contributed by atoms with Crippen molar-refractivity contribution in [1.82, 2.24) is 10.2 Å². The average molecular weight is 378 g/mol. The number of nitrogens with zero attached hydrogens (tertiary/aromatic N) is 2. The largest absolute Gasteiger partial charge is 0.417 e. The van der Waals surface area contributed by atoms with Crippen molar-refractivity contribution in [2.75, 3.05) is 0 Å². The minimum atomic E-state index is -1.99. The van der Waals surface area contributed by atoms with Gasteiger partial charge in [0.2, 0.25) is 17.3 Å². The molecule has 1 aliphatic rings. The molecule has 1 heterocycles. The van der Waals surface area contributed by atoms with Crippen LogP contribution in [0, 0.1) is 0 Å². The summed E-state index contributed by atoms with van der Waals surface area (Å²) in [5.74, 6) is -0.298. The molecule has 0 aliphatic heterocycles. The summed E-state index contributed by atoms with van der Waals surface area (Å²) in [6, 6.07) is 24.6. The van der Waals surface area contributed by atoms with Gasteiger partial charge in [-0.05, 0) is 27.6 Å². The van der Waals surface area contributed by atoms with Crippen molar-refractivity contribution in [3.63, 3.8) is 0 Å². The second kappa shape index (κ2) is 5.59. The summed E-state index contributed by atoms with van der Waals surface area (Å²) in [4.78, 5) is 13.2. The highest BCUT2D eigenvalue weighted by molar-refractivity contribution is 6.20. The number of rotatable bonds is 2. The molecule has 4 aromatic carbocycles. The first-order chi connectivity index (χ1) is 14.2. The molecular weight excluding hydrogens is 364 g/mol. The first-order valence-electron chi connectivity index (χ1n) is 9.29. The topological polar surface area (TPSA) is 76.2 Å². The molecule has 29 heavy (non-hydrogen) atoms. The summed E-state index contributed by atoms with van der Waals surface area (Å²) in [5.41, 5.74) is -0.292. The lowest BCUT2D eigenvalue weighted by Crippen LogP contribution is -2.33. The minimum Gasteiger partial charge on any atom is -0.417 e. The van der Waals surface area contributed by atoms with Gasteiger partial charge in [-0.1, -0.05) is 72.8 Å². The maximum absolute atomic E-state index is 13.2. The van der Waals surface area contributed by atoms with Crippen molar-refractivity contribution in [3.05, 3.63) is 95.9 Å². The molecule has 1 atom stereocenters. The summed E-state index contributed by atoms with van der Waals surface area (Å²) in [6.45, 7) is 0. The molecule has 1 aliphatic carbocycles. The zero-order chi connectivity index (χ0) is 19.6. The third kappa shape index (κ3) is 2.05. The molecule has 6 rings (SSSR count). The van der Waals surface area contributed by atoms with E-state index in [4.69, 9.17) is 4.42 Å². The van der Waals surface area contributed by atoms with Crippen LogP contribution in [0.25, 0.3) is 33.0 Å². The highest BCUT2D eigenvalue weighted by Gasteiger charge is 2.51. The quantitative estimate of drug-likeness (QED) is 0.490. The number of carbonyl (C=O) groups excluding carboxylic acids is 1. The van der Waals surface area contributed by atoms with Crippen molar-refractivity contribution in [2.24, 2.45) is 0 Å². The molecule has 0 bridgehead atoms. The molecular formula is C24H14N2O3. The number of aliphatic hydroxyl groups is 1. The summed E-state index contributed by atoms with van der Waals surface area (Å²) >= 11 is 0. The Kier molecular flexibility index (Phi) is 3.12. The van der Waals surface area contributed by atoms with E-state index in [0.717, 1.165) is 27.1 Å². The van der Waals surface area contributed by atoms with Gasteiger partial charge in [0, 0.05) is 16.7 Å². The second-order valence-corrected chi connectivity index (χ2v) is 7.19. The molecule has 0 saturated heterocycles. The van der Waals surface area contributed by atoms with Crippen molar-refractivity contribution in [3.8, 4) is 11.5 Å². The van der Waals surface area contributed by atoms with E-state index in [9.17, 15) is 9.90 Å². The Morgan fingerprint density at radius 1 is 0.759 bits per heavy atom. The molecule has 0 spiro atoms. The lowest BCUT2D eigenvalue weighted by atomic mass is 9.94. The molecule has 0 fully saturated rings. The third-order valence-electron chi connectivity index (χ3n) is 5.62. The van der Waals surface area contributed by atoms with Crippen LogP contribution in [-0.4, -0.2) is 21.1 Å². The van der Waals surface area contributed by atoms with Gasteiger partial charge in [0.1, 0.15) is 0 Å². The number of ketones is 1. The van der Waals surface area contributed by atoms with Gasteiger partial charge in [0.15, 0.2) is 0 Å². The van der Waals surface area contributed by atoms with Gasteiger partial charge in [-0.3, -0.25) is 4.79 Å². The van der Waals surface area contributed by atoms with Crippen molar-refractivity contribution >= 4 is 27.3 Å². The van der Waals surface area contributed by atoms with E-state index in [1.54, 1.807) is 18.2 Å². The Bertz CT molecular complexity index is 1440. The maximum atomic E-state index is 13.2. The number of fused-ring (bicyclic) bond motifs is 1. The summed E-state index contributed by atoms with van der Waals surface area (Å²) < 4.78 is 5.90. The van der Waals surface area contributed by atoms with Crippen LogP contribution in [0.3, 0.4) is 0 Å². The van der Waals surface area contributed by atoms with Gasteiger partial charge in [0.25, 0.3) is 5.89 Å². The van der Waals surface area contributed by atoms with Crippen LogP contribution in [-0.2, 0) is 5.60 Å². The number of benzene rings is 4. The molecule has 0 amide bonds. The van der Waals surface area contributed by atoms with Crippen LogP contribution in [0.5, 0.6) is 0 Å². The first-order valence-corrected chi connectivity index (χ1v) is 9.29. The van der Waals surface area contributed by atoms with E-state index in [1.165, 1.54) is 0 Å². The van der Waals surface area contributed by atoms with Crippen molar-refractivity contribution < 1.29 is 14.3 Å². The maximum Gasteiger partial charge on any atom is 0.261 e. The molecule has 5 nitrogen and oxygen atoms in total. The molecule has 0 radical (unpaired) electrons. The zero-order valence-electron chi connectivity index (χ0n) is 15.2. The van der Waals surface area contributed by atoms with Crippen LogP contribution in [0.1, 0.15) is 21.8 Å². The van der Waals surface area contributed by atoms with Crippen LogP contribution in [0.4, 0.5) is 0 Å². The van der Waals surface area contributed by atoms with E-state index in [-0.39, 0.29) is 11.8 Å². The number of hydrogen-bond acceptors (Lipinski definition) is 5. The number of carbonyl (C=O) groups is 1. The van der Waals surface area contributed by atoms with Crippen molar-refractivity contribution in [1.29, 1.82) is 0 Å². The van der Waals surface area contributed by atoms with Gasteiger partial charge in [-0.25, -0.2) is 0 Å². The fourth-order valence-corrected chi connectivity index (χ4v) is 4.25. The zero-order valence-corrected chi connectivity index (χ0v) is 15.2. The third-order valence-corrected chi connectivity index (χ3v) is 5.62. The molecule has 1 N–H and O–H groups in total. The van der Waals surface area contributed by atoms with Crippen LogP contribution in [0.2, 0.25) is 0 Å². The second-order valence-electron chi connectivity index (χ2n) is 7.19. The monoisotopic (exact) mass is 378 g/mol. The number of hydrogen-bond donors (Lipinski definition) is 1. The molecule has 138 valence electrons. The Balaban J connectivity index is 1.56. The average Bonchev–Trinajstić information content (AvgIpc) is 3.34. The van der Waals surface area contributed by atoms with Crippen LogP contribution in [0.15, 0.2) is 83.3 Å². The molecule has 0 saturated carbocycles. The SMILES string of the molecule is O=C1c2cccc3cccc(c23)C1(O)c1nnc(-c2cccc3ccccc23)o1. The molecule has 1 aromatic heterocycles. The first kappa shape index (κ1) is 16.2. The smallest absolute Gasteiger partial charge is 0.261 e. The lowest BCUT2D eigenvalue weighted by Gasteiger charge is -2.17. The van der Waals surface area contributed by atoms with E-state index >= 15 is 0 Å². The Morgan fingerprint density at radius 3 is 2.31 bits per heavy atom. The molecule has 1 unspecified atom stereocenters. The summed E-state index contributed by atoms with van der Waals surface area (Å²) in [5, 5.41) is 23.4. The predicted octanol–water partition coefficient (Wildman–Crippen LogP) is 4.48. The van der Waals surface area contributed by atoms with Gasteiger partial charge < -0.3 is 9.52 Å².